The van der Waals surface area contributed by atoms with Crippen LogP contribution in [0.25, 0.3) is 0 Å². The van der Waals surface area contributed by atoms with Gasteiger partial charge in [-0.15, -0.1) is 0 Å². The molecule has 106 valence electrons. The first-order valence-corrected chi connectivity index (χ1v) is 7.32. The van der Waals surface area contributed by atoms with E-state index in [1.807, 2.05) is 18.2 Å². The second-order valence-corrected chi connectivity index (χ2v) is 5.02. The Labute approximate surface area is 121 Å². The summed E-state index contributed by atoms with van der Waals surface area (Å²) in [6, 6.07) is 18.7. The second kappa shape index (κ2) is 7.71. The van der Waals surface area contributed by atoms with Crippen LogP contribution < -0.4 is 10.5 Å². The van der Waals surface area contributed by atoms with E-state index in [-0.39, 0.29) is 6.04 Å². The van der Waals surface area contributed by atoms with Gasteiger partial charge in [-0.3, -0.25) is 0 Å². The number of hydrogen-bond donors (Lipinski definition) is 1. The van der Waals surface area contributed by atoms with Crippen LogP contribution in [0.1, 0.15) is 36.9 Å². The van der Waals surface area contributed by atoms with Gasteiger partial charge in [0.15, 0.2) is 0 Å². The quantitative estimate of drug-likeness (QED) is 0.768. The minimum Gasteiger partial charge on any atom is -0.494 e. The van der Waals surface area contributed by atoms with Gasteiger partial charge in [-0.2, -0.15) is 0 Å². The molecule has 0 aliphatic rings. The third-order valence-corrected chi connectivity index (χ3v) is 3.45. The summed E-state index contributed by atoms with van der Waals surface area (Å²) in [6.45, 7) is 2.83. The summed E-state index contributed by atoms with van der Waals surface area (Å²) >= 11 is 0. The highest BCUT2D eigenvalue weighted by atomic mass is 16.5. The van der Waals surface area contributed by atoms with Crippen molar-refractivity contribution in [3.63, 3.8) is 0 Å². The zero-order chi connectivity index (χ0) is 14.2. The van der Waals surface area contributed by atoms with Crippen molar-refractivity contribution in [3.8, 4) is 5.75 Å². The van der Waals surface area contributed by atoms with Gasteiger partial charge >= 0.3 is 0 Å². The van der Waals surface area contributed by atoms with Crippen LogP contribution in [0.4, 0.5) is 0 Å². The highest BCUT2D eigenvalue weighted by molar-refractivity contribution is 5.30. The molecule has 0 heterocycles. The van der Waals surface area contributed by atoms with E-state index in [9.17, 15) is 0 Å². The predicted molar refractivity (Wildman–Crippen MR) is 83.9 cm³/mol. The molecular weight excluding hydrogens is 246 g/mol. The fourth-order valence-electron chi connectivity index (χ4n) is 2.18. The normalized spacial score (nSPS) is 12.1. The average molecular weight is 269 g/mol. The van der Waals surface area contributed by atoms with E-state index >= 15 is 0 Å². The van der Waals surface area contributed by atoms with Gasteiger partial charge in [0, 0.05) is 6.04 Å². The number of ether oxygens (including phenoxy) is 1. The van der Waals surface area contributed by atoms with Crippen molar-refractivity contribution < 1.29 is 4.74 Å². The number of nitrogens with two attached hydrogens (primary N) is 1. The van der Waals surface area contributed by atoms with E-state index in [2.05, 4.69) is 43.3 Å². The number of benzene rings is 2. The SMILES string of the molecule is CCC(N)c1cccc(OCCCc2ccccc2)c1. The summed E-state index contributed by atoms with van der Waals surface area (Å²) < 4.78 is 5.81. The maximum Gasteiger partial charge on any atom is 0.119 e. The van der Waals surface area contributed by atoms with Gasteiger partial charge in [0.05, 0.1) is 6.61 Å². The summed E-state index contributed by atoms with van der Waals surface area (Å²) in [5, 5.41) is 0. The molecule has 2 aromatic carbocycles. The molecule has 2 rings (SSSR count). The molecule has 0 bridgehead atoms. The molecule has 0 aliphatic carbocycles. The number of rotatable bonds is 7. The Kier molecular flexibility index (Phi) is 5.63. The minimum atomic E-state index is 0.0999. The third-order valence-electron chi connectivity index (χ3n) is 3.45. The van der Waals surface area contributed by atoms with Crippen LogP contribution in [-0.4, -0.2) is 6.61 Å². The molecule has 0 fully saturated rings. The summed E-state index contributed by atoms with van der Waals surface area (Å²) in [5.74, 6) is 0.916. The van der Waals surface area contributed by atoms with E-state index in [4.69, 9.17) is 10.5 Å². The van der Waals surface area contributed by atoms with Crippen LogP contribution >= 0.6 is 0 Å². The lowest BCUT2D eigenvalue weighted by molar-refractivity contribution is 0.310. The summed E-state index contributed by atoms with van der Waals surface area (Å²) in [4.78, 5) is 0. The first kappa shape index (κ1) is 14.6. The topological polar surface area (TPSA) is 35.2 Å². The molecular formula is C18H23NO. The summed E-state index contributed by atoms with van der Waals surface area (Å²) in [6.07, 6.45) is 3.01. The van der Waals surface area contributed by atoms with Crippen LogP contribution in [0.15, 0.2) is 54.6 Å². The van der Waals surface area contributed by atoms with Crippen LogP contribution in [0.5, 0.6) is 5.75 Å². The van der Waals surface area contributed by atoms with Gasteiger partial charge < -0.3 is 10.5 Å². The average Bonchev–Trinajstić information content (AvgIpc) is 2.52. The highest BCUT2D eigenvalue weighted by Gasteiger charge is 2.04. The van der Waals surface area contributed by atoms with E-state index in [0.717, 1.165) is 37.2 Å². The van der Waals surface area contributed by atoms with Crippen molar-refractivity contribution in [2.75, 3.05) is 6.61 Å². The molecule has 0 saturated carbocycles. The molecule has 2 heteroatoms. The first-order valence-electron chi connectivity index (χ1n) is 7.32. The number of aryl methyl sites for hydroxylation is 1. The number of hydrogen-bond acceptors (Lipinski definition) is 2. The third kappa shape index (κ3) is 4.39. The zero-order valence-corrected chi connectivity index (χ0v) is 12.1. The highest BCUT2D eigenvalue weighted by Crippen LogP contribution is 2.20. The lowest BCUT2D eigenvalue weighted by Gasteiger charge is -2.12. The molecule has 2 aromatic rings. The molecule has 0 radical (unpaired) electrons. The van der Waals surface area contributed by atoms with Crippen molar-refractivity contribution in [2.45, 2.75) is 32.2 Å². The monoisotopic (exact) mass is 269 g/mol. The lowest BCUT2D eigenvalue weighted by atomic mass is 10.1. The standard InChI is InChI=1S/C18H23NO/c1-2-18(19)16-11-6-12-17(14-16)20-13-7-10-15-8-4-3-5-9-15/h3-6,8-9,11-12,14,18H,2,7,10,13,19H2,1H3. The van der Waals surface area contributed by atoms with Crippen molar-refractivity contribution in [1.29, 1.82) is 0 Å². The Morgan fingerprint density at radius 2 is 1.85 bits per heavy atom. The fourth-order valence-corrected chi connectivity index (χ4v) is 2.18. The van der Waals surface area contributed by atoms with Crippen molar-refractivity contribution in [1.82, 2.24) is 0 Å². The largest absolute Gasteiger partial charge is 0.494 e. The van der Waals surface area contributed by atoms with Gasteiger partial charge in [0.25, 0.3) is 0 Å². The first-order chi connectivity index (χ1) is 9.79. The molecule has 0 amide bonds. The van der Waals surface area contributed by atoms with E-state index in [1.165, 1.54) is 5.56 Å². The maximum absolute atomic E-state index is 6.04. The summed E-state index contributed by atoms with van der Waals surface area (Å²) in [7, 11) is 0. The van der Waals surface area contributed by atoms with Gasteiger partial charge in [-0.05, 0) is 42.5 Å². The van der Waals surface area contributed by atoms with Crippen molar-refractivity contribution in [2.24, 2.45) is 5.73 Å². The molecule has 20 heavy (non-hydrogen) atoms. The van der Waals surface area contributed by atoms with Gasteiger partial charge in [-0.25, -0.2) is 0 Å². The smallest absolute Gasteiger partial charge is 0.119 e. The van der Waals surface area contributed by atoms with Crippen molar-refractivity contribution >= 4 is 0 Å². The Morgan fingerprint density at radius 1 is 1.05 bits per heavy atom. The minimum absolute atomic E-state index is 0.0999. The van der Waals surface area contributed by atoms with Crippen LogP contribution in [0, 0.1) is 0 Å². The molecule has 0 aromatic heterocycles. The van der Waals surface area contributed by atoms with Crippen LogP contribution in [0.2, 0.25) is 0 Å². The molecule has 1 atom stereocenters. The Hall–Kier alpha value is -1.80. The zero-order valence-electron chi connectivity index (χ0n) is 12.1. The lowest BCUT2D eigenvalue weighted by Crippen LogP contribution is -2.08. The predicted octanol–water partition coefficient (Wildman–Crippen LogP) is 4.11. The van der Waals surface area contributed by atoms with E-state index in [1.54, 1.807) is 0 Å². The van der Waals surface area contributed by atoms with Gasteiger partial charge in [0.1, 0.15) is 5.75 Å². The van der Waals surface area contributed by atoms with Gasteiger partial charge in [-0.1, -0.05) is 49.4 Å². The Morgan fingerprint density at radius 3 is 2.60 bits per heavy atom. The van der Waals surface area contributed by atoms with Crippen LogP contribution in [0.3, 0.4) is 0 Å². The molecule has 0 spiro atoms. The molecule has 1 unspecified atom stereocenters. The second-order valence-electron chi connectivity index (χ2n) is 5.02. The molecule has 0 saturated heterocycles. The van der Waals surface area contributed by atoms with E-state index < -0.39 is 0 Å². The van der Waals surface area contributed by atoms with Crippen LogP contribution in [-0.2, 0) is 6.42 Å². The summed E-state index contributed by atoms with van der Waals surface area (Å²) in [5.41, 5.74) is 8.54. The van der Waals surface area contributed by atoms with Gasteiger partial charge in [0.2, 0.25) is 0 Å². The molecule has 2 N–H and O–H groups in total. The molecule has 0 aliphatic heterocycles. The Balaban J connectivity index is 1.79. The molecule has 2 nitrogen and oxygen atoms in total. The van der Waals surface area contributed by atoms with E-state index in [0.29, 0.717) is 0 Å². The van der Waals surface area contributed by atoms with Crippen molar-refractivity contribution in [3.05, 3.63) is 65.7 Å². The Bertz CT molecular complexity index is 510. The fraction of sp³-hybridized carbons (Fsp3) is 0.333. The maximum atomic E-state index is 6.04.